The SMILES string of the molecule is CN1CCc2[nH]nc(-c3ccc(O)c(Cl)c3)c2C1. The average Bonchev–Trinajstić information content (AvgIpc) is 2.75. The Bertz CT molecular complexity index is 594. The smallest absolute Gasteiger partial charge is 0.134 e. The number of nitrogens with zero attached hydrogens (tertiary/aromatic N) is 2. The minimum Gasteiger partial charge on any atom is -0.506 e. The predicted molar refractivity (Wildman–Crippen MR) is 70.7 cm³/mol. The number of benzene rings is 1. The first-order valence-corrected chi connectivity index (χ1v) is 6.26. The average molecular weight is 264 g/mol. The van der Waals surface area contributed by atoms with Crippen molar-refractivity contribution in [2.45, 2.75) is 13.0 Å². The third-order valence-corrected chi connectivity index (χ3v) is 3.65. The number of fused-ring (bicyclic) bond motifs is 1. The van der Waals surface area contributed by atoms with Gasteiger partial charge in [0.1, 0.15) is 5.75 Å². The van der Waals surface area contributed by atoms with Crippen LogP contribution in [-0.2, 0) is 13.0 Å². The maximum absolute atomic E-state index is 9.45. The van der Waals surface area contributed by atoms with Gasteiger partial charge in [0, 0.05) is 36.3 Å². The van der Waals surface area contributed by atoms with Crippen LogP contribution in [0.1, 0.15) is 11.3 Å². The third kappa shape index (κ3) is 1.87. The highest BCUT2D eigenvalue weighted by molar-refractivity contribution is 6.32. The van der Waals surface area contributed by atoms with Gasteiger partial charge in [0.2, 0.25) is 0 Å². The number of nitrogens with one attached hydrogen (secondary N) is 1. The number of hydrogen-bond donors (Lipinski definition) is 2. The molecule has 0 saturated heterocycles. The maximum atomic E-state index is 9.45. The molecule has 0 bridgehead atoms. The van der Waals surface area contributed by atoms with Gasteiger partial charge >= 0.3 is 0 Å². The van der Waals surface area contributed by atoms with E-state index in [0.29, 0.717) is 5.02 Å². The molecule has 0 saturated carbocycles. The van der Waals surface area contributed by atoms with Gasteiger partial charge in [-0.1, -0.05) is 11.6 Å². The molecule has 0 radical (unpaired) electrons. The molecular weight excluding hydrogens is 250 g/mol. The van der Waals surface area contributed by atoms with Gasteiger partial charge in [-0.3, -0.25) is 5.10 Å². The van der Waals surface area contributed by atoms with Crippen LogP contribution in [-0.4, -0.2) is 33.8 Å². The van der Waals surface area contributed by atoms with E-state index in [4.69, 9.17) is 11.6 Å². The molecule has 0 atom stereocenters. The number of hydrogen-bond acceptors (Lipinski definition) is 3. The van der Waals surface area contributed by atoms with E-state index in [9.17, 15) is 5.11 Å². The van der Waals surface area contributed by atoms with Crippen molar-refractivity contribution in [2.75, 3.05) is 13.6 Å². The third-order valence-electron chi connectivity index (χ3n) is 3.35. The molecule has 2 heterocycles. The number of phenols is 1. The van der Waals surface area contributed by atoms with Crippen molar-refractivity contribution >= 4 is 11.6 Å². The second-order valence-corrected chi connectivity index (χ2v) is 5.09. The van der Waals surface area contributed by atoms with E-state index in [1.165, 1.54) is 11.3 Å². The number of aromatic hydroxyl groups is 1. The topological polar surface area (TPSA) is 52.2 Å². The summed E-state index contributed by atoms with van der Waals surface area (Å²) in [5.41, 5.74) is 4.29. The second-order valence-electron chi connectivity index (χ2n) is 4.68. The van der Waals surface area contributed by atoms with Gasteiger partial charge in [-0.25, -0.2) is 0 Å². The Labute approximate surface area is 110 Å². The summed E-state index contributed by atoms with van der Waals surface area (Å²) in [4.78, 5) is 2.27. The van der Waals surface area contributed by atoms with Gasteiger partial charge in [-0.15, -0.1) is 0 Å². The molecule has 0 fully saturated rings. The summed E-state index contributed by atoms with van der Waals surface area (Å²) in [7, 11) is 2.10. The molecule has 0 amide bonds. The first kappa shape index (κ1) is 11.6. The molecule has 5 heteroatoms. The number of likely N-dealkylation sites (N-methyl/N-ethyl adjacent to an activating group) is 1. The highest BCUT2D eigenvalue weighted by Gasteiger charge is 2.20. The minimum atomic E-state index is 0.0990. The molecule has 1 aromatic carbocycles. The van der Waals surface area contributed by atoms with Crippen LogP contribution in [0.25, 0.3) is 11.3 Å². The van der Waals surface area contributed by atoms with E-state index in [0.717, 1.165) is 30.8 Å². The summed E-state index contributed by atoms with van der Waals surface area (Å²) >= 11 is 5.94. The molecule has 4 nitrogen and oxygen atoms in total. The molecule has 0 unspecified atom stereocenters. The fourth-order valence-corrected chi connectivity index (χ4v) is 2.50. The highest BCUT2D eigenvalue weighted by Crippen LogP contribution is 2.32. The lowest BCUT2D eigenvalue weighted by atomic mass is 10.0. The quantitative estimate of drug-likeness (QED) is 0.831. The molecule has 2 aromatic rings. The summed E-state index contributed by atoms with van der Waals surface area (Å²) < 4.78 is 0. The normalized spacial score (nSPS) is 15.7. The zero-order valence-corrected chi connectivity index (χ0v) is 10.8. The Balaban J connectivity index is 2.07. The van der Waals surface area contributed by atoms with Crippen LogP contribution in [0.4, 0.5) is 0 Å². The van der Waals surface area contributed by atoms with E-state index >= 15 is 0 Å². The number of aromatic nitrogens is 2. The van der Waals surface area contributed by atoms with E-state index in [-0.39, 0.29) is 5.75 Å². The second kappa shape index (κ2) is 4.30. The predicted octanol–water partition coefficient (Wildman–Crippen LogP) is 2.42. The van der Waals surface area contributed by atoms with Crippen LogP contribution in [0.3, 0.4) is 0 Å². The van der Waals surface area contributed by atoms with Crippen LogP contribution < -0.4 is 0 Å². The standard InChI is InChI=1S/C13H14ClN3O/c1-17-5-4-11-9(7-17)13(16-15-11)8-2-3-12(18)10(14)6-8/h2-3,6,18H,4-5,7H2,1H3,(H,15,16). The summed E-state index contributed by atoms with van der Waals surface area (Å²) in [6, 6.07) is 5.19. The Morgan fingerprint density at radius 1 is 1.44 bits per heavy atom. The number of halogens is 1. The number of H-pyrrole nitrogens is 1. The van der Waals surface area contributed by atoms with Crippen molar-refractivity contribution in [3.05, 3.63) is 34.5 Å². The fraction of sp³-hybridized carbons (Fsp3) is 0.308. The Morgan fingerprint density at radius 3 is 3.06 bits per heavy atom. The van der Waals surface area contributed by atoms with Gasteiger partial charge in [0.15, 0.2) is 0 Å². The van der Waals surface area contributed by atoms with Crippen molar-refractivity contribution in [1.82, 2.24) is 15.1 Å². The van der Waals surface area contributed by atoms with Gasteiger partial charge in [0.25, 0.3) is 0 Å². The van der Waals surface area contributed by atoms with Crippen molar-refractivity contribution in [3.63, 3.8) is 0 Å². The molecule has 2 N–H and O–H groups in total. The molecule has 1 aliphatic heterocycles. The van der Waals surface area contributed by atoms with Gasteiger partial charge < -0.3 is 10.0 Å². The number of rotatable bonds is 1. The first-order chi connectivity index (χ1) is 8.65. The van der Waals surface area contributed by atoms with E-state index < -0.39 is 0 Å². The van der Waals surface area contributed by atoms with Crippen LogP contribution in [0.5, 0.6) is 5.75 Å². The van der Waals surface area contributed by atoms with E-state index in [1.54, 1.807) is 12.1 Å². The zero-order chi connectivity index (χ0) is 12.7. The van der Waals surface area contributed by atoms with E-state index in [2.05, 4.69) is 22.1 Å². The summed E-state index contributed by atoms with van der Waals surface area (Å²) in [6.07, 6.45) is 0.991. The summed E-state index contributed by atoms with van der Waals surface area (Å²) in [6.45, 7) is 1.94. The molecule has 94 valence electrons. The molecular formula is C13H14ClN3O. The zero-order valence-electron chi connectivity index (χ0n) is 10.1. The van der Waals surface area contributed by atoms with Crippen LogP contribution in [0.15, 0.2) is 18.2 Å². The lowest BCUT2D eigenvalue weighted by Crippen LogP contribution is -2.26. The minimum absolute atomic E-state index is 0.0990. The molecule has 18 heavy (non-hydrogen) atoms. The Kier molecular flexibility index (Phi) is 2.76. The van der Waals surface area contributed by atoms with Crippen molar-refractivity contribution in [3.8, 4) is 17.0 Å². The van der Waals surface area contributed by atoms with Crippen molar-refractivity contribution in [1.29, 1.82) is 0 Å². The molecule has 0 aliphatic carbocycles. The number of aromatic amines is 1. The van der Waals surface area contributed by atoms with Crippen molar-refractivity contribution in [2.24, 2.45) is 0 Å². The molecule has 1 aromatic heterocycles. The Hall–Kier alpha value is -1.52. The largest absolute Gasteiger partial charge is 0.506 e. The lowest BCUT2D eigenvalue weighted by molar-refractivity contribution is 0.312. The van der Waals surface area contributed by atoms with Crippen molar-refractivity contribution < 1.29 is 5.11 Å². The van der Waals surface area contributed by atoms with Crippen LogP contribution in [0, 0.1) is 0 Å². The lowest BCUT2D eigenvalue weighted by Gasteiger charge is -2.22. The summed E-state index contributed by atoms with van der Waals surface area (Å²) in [5, 5.41) is 17.3. The van der Waals surface area contributed by atoms with Crippen LogP contribution >= 0.6 is 11.6 Å². The van der Waals surface area contributed by atoms with E-state index in [1.807, 2.05) is 6.07 Å². The van der Waals surface area contributed by atoms with Gasteiger partial charge in [-0.05, 0) is 25.2 Å². The van der Waals surface area contributed by atoms with Gasteiger partial charge in [-0.2, -0.15) is 5.10 Å². The fourth-order valence-electron chi connectivity index (χ4n) is 2.32. The van der Waals surface area contributed by atoms with Crippen LogP contribution in [0.2, 0.25) is 5.02 Å². The number of phenolic OH excluding ortho intramolecular Hbond substituents is 1. The van der Waals surface area contributed by atoms with Gasteiger partial charge in [0.05, 0.1) is 10.7 Å². The molecule has 1 aliphatic rings. The summed E-state index contributed by atoms with van der Waals surface area (Å²) in [5.74, 6) is 0.0990. The monoisotopic (exact) mass is 263 g/mol. The first-order valence-electron chi connectivity index (χ1n) is 5.88. The molecule has 3 rings (SSSR count). The highest BCUT2D eigenvalue weighted by atomic mass is 35.5. The molecule has 0 spiro atoms. The Morgan fingerprint density at radius 2 is 2.28 bits per heavy atom. The maximum Gasteiger partial charge on any atom is 0.134 e.